The van der Waals surface area contributed by atoms with Gasteiger partial charge in [0.1, 0.15) is 12.4 Å². The maximum absolute atomic E-state index is 12.6. The molecule has 2 fully saturated rings. The fraction of sp³-hybridized carbons (Fsp3) is 0.500. The lowest BCUT2D eigenvalue weighted by Gasteiger charge is -2.35. The van der Waals surface area contributed by atoms with Crippen molar-refractivity contribution in [3.05, 3.63) is 36.3 Å². The maximum Gasteiger partial charge on any atom is 0.470 e. The van der Waals surface area contributed by atoms with Crippen LogP contribution in [0.1, 0.15) is 31.0 Å². The first-order valence-electron chi connectivity index (χ1n) is 10.2. The highest BCUT2D eigenvalue weighted by atomic mass is 19.4. The van der Waals surface area contributed by atoms with E-state index in [0.29, 0.717) is 19.0 Å². The van der Waals surface area contributed by atoms with E-state index in [2.05, 4.69) is 25.1 Å². The molecule has 31 heavy (non-hydrogen) atoms. The average molecular weight is 434 g/mol. The molecule has 3 aromatic rings. The van der Waals surface area contributed by atoms with Crippen LogP contribution in [-0.4, -0.2) is 57.3 Å². The number of ether oxygens (including phenoxy) is 1. The minimum atomic E-state index is -4.62. The van der Waals surface area contributed by atoms with Crippen LogP contribution in [0.4, 0.5) is 18.9 Å². The molecule has 0 atom stereocenters. The summed E-state index contributed by atoms with van der Waals surface area (Å²) in [7, 11) is 0. The smallest absolute Gasteiger partial charge is 0.470 e. The Balaban J connectivity index is 1.25. The summed E-state index contributed by atoms with van der Waals surface area (Å²) in [6.07, 6.45) is 0.425. The van der Waals surface area contributed by atoms with Crippen molar-refractivity contribution < 1.29 is 22.3 Å². The van der Waals surface area contributed by atoms with Gasteiger partial charge in [0.25, 0.3) is 0 Å². The van der Waals surface area contributed by atoms with Crippen molar-refractivity contribution in [1.29, 1.82) is 0 Å². The Morgan fingerprint density at radius 3 is 2.55 bits per heavy atom. The van der Waals surface area contributed by atoms with Gasteiger partial charge >= 0.3 is 12.1 Å². The topological polar surface area (TPSA) is 80.4 Å². The van der Waals surface area contributed by atoms with E-state index in [-0.39, 0.29) is 18.5 Å². The molecular weight excluding hydrogens is 413 g/mol. The van der Waals surface area contributed by atoms with Crippen LogP contribution in [0.2, 0.25) is 0 Å². The predicted octanol–water partition coefficient (Wildman–Crippen LogP) is 3.29. The van der Waals surface area contributed by atoms with Crippen molar-refractivity contribution in [1.82, 2.24) is 25.1 Å². The Morgan fingerprint density at radius 1 is 1.06 bits per heavy atom. The van der Waals surface area contributed by atoms with Crippen molar-refractivity contribution in [2.24, 2.45) is 0 Å². The van der Waals surface area contributed by atoms with Gasteiger partial charge in [-0.05, 0) is 37.5 Å². The quantitative estimate of drug-likeness (QED) is 0.605. The number of hydrogen-bond donors (Lipinski definition) is 0. The summed E-state index contributed by atoms with van der Waals surface area (Å²) in [5, 5.41) is 7.48. The van der Waals surface area contributed by atoms with Crippen LogP contribution in [0.15, 0.2) is 28.9 Å². The standard InChI is InChI=1S/C20H21F3N6O2/c21-20(22,23)19-27-26-17(31-19)11-28-6-8-29(9-7-28)13-4-5-16-15(10-13)18(25-12-24-16)30-14-2-1-3-14/h4-5,10,12,14H,1-3,6-9,11H2. The third kappa shape index (κ3) is 4.27. The number of alkyl halides is 3. The van der Waals surface area contributed by atoms with Crippen LogP contribution >= 0.6 is 0 Å². The van der Waals surface area contributed by atoms with Gasteiger partial charge in [-0.3, -0.25) is 4.90 Å². The molecule has 2 aliphatic rings. The Morgan fingerprint density at radius 2 is 1.87 bits per heavy atom. The Kier molecular flexibility index (Phi) is 5.12. The molecule has 8 nitrogen and oxygen atoms in total. The highest BCUT2D eigenvalue weighted by Gasteiger charge is 2.38. The zero-order valence-corrected chi connectivity index (χ0v) is 16.7. The molecular formula is C20H21F3N6O2. The minimum Gasteiger partial charge on any atom is -0.474 e. The SMILES string of the molecule is FC(F)(F)c1nnc(CN2CCN(c3ccc4ncnc(OC5CCC5)c4c3)CC2)o1. The normalized spacial score (nSPS) is 18.4. The van der Waals surface area contributed by atoms with Gasteiger partial charge in [-0.15, -0.1) is 10.2 Å². The number of anilines is 1. The van der Waals surface area contributed by atoms with Crippen molar-refractivity contribution >= 4 is 16.6 Å². The molecule has 2 aromatic heterocycles. The van der Waals surface area contributed by atoms with E-state index in [9.17, 15) is 13.2 Å². The van der Waals surface area contributed by atoms with E-state index in [4.69, 9.17) is 9.15 Å². The largest absolute Gasteiger partial charge is 0.474 e. The minimum absolute atomic E-state index is 0.0265. The lowest BCUT2D eigenvalue weighted by Crippen LogP contribution is -2.46. The maximum atomic E-state index is 12.6. The highest BCUT2D eigenvalue weighted by Crippen LogP contribution is 2.31. The second kappa shape index (κ2) is 7.95. The van der Waals surface area contributed by atoms with E-state index in [1.165, 1.54) is 12.7 Å². The molecule has 0 radical (unpaired) electrons. The molecule has 0 bridgehead atoms. The second-order valence-electron chi connectivity index (χ2n) is 7.81. The molecule has 1 aliphatic heterocycles. The van der Waals surface area contributed by atoms with E-state index in [0.717, 1.165) is 42.5 Å². The molecule has 0 N–H and O–H groups in total. The van der Waals surface area contributed by atoms with Gasteiger partial charge in [0, 0.05) is 31.9 Å². The number of piperazine rings is 1. The third-order valence-corrected chi connectivity index (χ3v) is 5.72. The Labute approximate surface area is 176 Å². The number of fused-ring (bicyclic) bond motifs is 1. The molecule has 0 amide bonds. The van der Waals surface area contributed by atoms with Crippen molar-refractivity contribution in [2.75, 3.05) is 31.1 Å². The number of hydrogen-bond acceptors (Lipinski definition) is 8. The molecule has 1 saturated carbocycles. The first kappa shape index (κ1) is 20.0. The lowest BCUT2D eigenvalue weighted by molar-refractivity contribution is -0.157. The predicted molar refractivity (Wildman–Crippen MR) is 105 cm³/mol. The monoisotopic (exact) mass is 434 g/mol. The van der Waals surface area contributed by atoms with Crippen molar-refractivity contribution in [3.8, 4) is 5.88 Å². The van der Waals surface area contributed by atoms with Gasteiger partial charge < -0.3 is 14.1 Å². The highest BCUT2D eigenvalue weighted by molar-refractivity contribution is 5.86. The first-order valence-corrected chi connectivity index (χ1v) is 10.2. The van der Waals surface area contributed by atoms with Gasteiger partial charge in [-0.2, -0.15) is 13.2 Å². The van der Waals surface area contributed by atoms with E-state index < -0.39 is 12.1 Å². The van der Waals surface area contributed by atoms with E-state index >= 15 is 0 Å². The summed E-state index contributed by atoms with van der Waals surface area (Å²) in [6, 6.07) is 6.03. The third-order valence-electron chi connectivity index (χ3n) is 5.72. The van der Waals surface area contributed by atoms with Crippen molar-refractivity contribution in [2.45, 2.75) is 38.1 Å². The number of aromatic nitrogens is 4. The van der Waals surface area contributed by atoms with Gasteiger partial charge in [-0.1, -0.05) is 0 Å². The van der Waals surface area contributed by atoms with Crippen LogP contribution in [-0.2, 0) is 12.7 Å². The molecule has 3 heterocycles. The lowest BCUT2D eigenvalue weighted by atomic mass is 9.96. The van der Waals surface area contributed by atoms with Gasteiger partial charge in [-0.25, -0.2) is 9.97 Å². The summed E-state index contributed by atoms with van der Waals surface area (Å²) in [5.41, 5.74) is 1.88. The zero-order chi connectivity index (χ0) is 21.4. The molecule has 5 rings (SSSR count). The summed E-state index contributed by atoms with van der Waals surface area (Å²) >= 11 is 0. The van der Waals surface area contributed by atoms with E-state index in [1.807, 2.05) is 23.1 Å². The molecule has 1 aliphatic carbocycles. The summed E-state index contributed by atoms with van der Waals surface area (Å²) in [5.74, 6) is -0.715. The van der Waals surface area contributed by atoms with Crippen LogP contribution in [0.5, 0.6) is 5.88 Å². The van der Waals surface area contributed by atoms with Gasteiger partial charge in [0.15, 0.2) is 0 Å². The van der Waals surface area contributed by atoms with Gasteiger partial charge in [0.05, 0.1) is 17.4 Å². The van der Waals surface area contributed by atoms with Crippen LogP contribution in [0.25, 0.3) is 10.9 Å². The van der Waals surface area contributed by atoms with E-state index in [1.54, 1.807) is 0 Å². The molecule has 0 spiro atoms. The van der Waals surface area contributed by atoms with Crippen LogP contribution < -0.4 is 9.64 Å². The number of rotatable bonds is 5. The Bertz CT molecular complexity index is 1060. The Hall–Kier alpha value is -2.95. The zero-order valence-electron chi connectivity index (χ0n) is 16.7. The summed E-state index contributed by atoms with van der Waals surface area (Å²) in [4.78, 5) is 12.9. The molecule has 1 aromatic carbocycles. The number of halogens is 3. The molecule has 0 unspecified atom stereocenters. The average Bonchev–Trinajstić information content (AvgIpc) is 3.20. The van der Waals surface area contributed by atoms with Gasteiger partial charge in [0.2, 0.25) is 11.8 Å². The summed E-state index contributed by atoms with van der Waals surface area (Å²) < 4.78 is 48.6. The van der Waals surface area contributed by atoms with Crippen LogP contribution in [0, 0.1) is 0 Å². The summed E-state index contributed by atoms with van der Waals surface area (Å²) in [6.45, 7) is 2.97. The fourth-order valence-corrected chi connectivity index (χ4v) is 3.75. The van der Waals surface area contributed by atoms with Crippen molar-refractivity contribution in [3.63, 3.8) is 0 Å². The first-order chi connectivity index (χ1) is 15.0. The molecule has 11 heteroatoms. The second-order valence-corrected chi connectivity index (χ2v) is 7.81. The fourth-order valence-electron chi connectivity index (χ4n) is 3.75. The molecule has 1 saturated heterocycles. The van der Waals surface area contributed by atoms with Crippen LogP contribution in [0.3, 0.4) is 0 Å². The number of benzene rings is 1. The number of nitrogens with zero attached hydrogens (tertiary/aromatic N) is 6. The molecule has 164 valence electrons.